The van der Waals surface area contributed by atoms with E-state index >= 15 is 0 Å². The number of benzene rings is 1. The lowest BCUT2D eigenvalue weighted by Crippen LogP contribution is -2.06. The van der Waals surface area contributed by atoms with Gasteiger partial charge in [-0.05, 0) is 20.8 Å². The molecule has 0 fully saturated rings. The maximum Gasteiger partial charge on any atom is 0.157 e. The predicted octanol–water partition coefficient (Wildman–Crippen LogP) is 3.42. The molecule has 2 aromatic rings. The van der Waals surface area contributed by atoms with Crippen LogP contribution in [-0.4, -0.2) is 23.1 Å². The third-order valence-corrected chi connectivity index (χ3v) is 2.91. The van der Waals surface area contributed by atoms with Crippen molar-refractivity contribution in [2.45, 2.75) is 27.4 Å². The number of rotatable bonds is 6. The van der Waals surface area contributed by atoms with Gasteiger partial charge in [-0.25, -0.2) is 9.97 Å². The van der Waals surface area contributed by atoms with Gasteiger partial charge in [0.1, 0.15) is 12.4 Å². The molecule has 1 heterocycles. The third kappa shape index (κ3) is 3.78. The van der Waals surface area contributed by atoms with Crippen molar-refractivity contribution in [2.75, 3.05) is 18.5 Å². The highest BCUT2D eigenvalue weighted by atomic mass is 16.5. The molecule has 1 N–H and O–H groups in total. The van der Waals surface area contributed by atoms with Crippen LogP contribution in [0.4, 0.5) is 5.82 Å². The van der Waals surface area contributed by atoms with Gasteiger partial charge in [0.15, 0.2) is 5.82 Å². The summed E-state index contributed by atoms with van der Waals surface area (Å²) >= 11 is 0. The molecule has 0 unspecified atom stereocenters. The largest absolute Gasteiger partial charge is 0.374 e. The zero-order valence-electron chi connectivity index (χ0n) is 12.3. The molecule has 0 saturated heterocycles. The molecular formula is C16H21N3O. The van der Waals surface area contributed by atoms with Gasteiger partial charge in [0.25, 0.3) is 0 Å². The summed E-state index contributed by atoms with van der Waals surface area (Å²) < 4.78 is 5.41. The van der Waals surface area contributed by atoms with E-state index in [2.05, 4.69) is 53.4 Å². The van der Waals surface area contributed by atoms with Gasteiger partial charge in [0, 0.05) is 24.8 Å². The van der Waals surface area contributed by atoms with E-state index in [0.29, 0.717) is 19.0 Å². The summed E-state index contributed by atoms with van der Waals surface area (Å²) in [7, 11) is 0. The summed E-state index contributed by atoms with van der Waals surface area (Å²) in [5, 5.41) is 3.24. The Labute approximate surface area is 120 Å². The van der Waals surface area contributed by atoms with Gasteiger partial charge in [-0.15, -0.1) is 0 Å². The first-order chi connectivity index (χ1) is 9.72. The molecular weight excluding hydrogens is 250 g/mol. The minimum Gasteiger partial charge on any atom is -0.374 e. The van der Waals surface area contributed by atoms with Crippen LogP contribution in [0.25, 0.3) is 11.3 Å². The zero-order chi connectivity index (χ0) is 14.4. The first-order valence-corrected chi connectivity index (χ1v) is 6.99. The van der Waals surface area contributed by atoms with Crippen LogP contribution in [0.2, 0.25) is 0 Å². The first-order valence-electron chi connectivity index (χ1n) is 6.99. The van der Waals surface area contributed by atoms with Crippen LogP contribution in [0.15, 0.2) is 30.3 Å². The van der Waals surface area contributed by atoms with Crippen LogP contribution < -0.4 is 5.32 Å². The molecule has 0 amide bonds. The molecule has 0 aliphatic carbocycles. The number of nitrogens with one attached hydrogen (secondary N) is 1. The van der Waals surface area contributed by atoms with Crippen molar-refractivity contribution >= 4 is 5.82 Å². The maximum atomic E-state index is 5.41. The molecule has 106 valence electrons. The van der Waals surface area contributed by atoms with E-state index in [4.69, 9.17) is 4.74 Å². The molecule has 2 rings (SSSR count). The molecule has 0 saturated carbocycles. The van der Waals surface area contributed by atoms with Crippen molar-refractivity contribution in [1.29, 1.82) is 0 Å². The lowest BCUT2D eigenvalue weighted by atomic mass is 10.1. The summed E-state index contributed by atoms with van der Waals surface area (Å²) in [6.45, 7) is 8.03. The normalized spacial score (nSPS) is 10.6. The van der Waals surface area contributed by atoms with Gasteiger partial charge in [-0.1, -0.05) is 29.8 Å². The van der Waals surface area contributed by atoms with Crippen LogP contribution in [0.3, 0.4) is 0 Å². The number of hydrogen-bond donors (Lipinski definition) is 1. The Morgan fingerprint density at radius 2 is 1.85 bits per heavy atom. The van der Waals surface area contributed by atoms with E-state index < -0.39 is 0 Å². The Hall–Kier alpha value is -1.94. The van der Waals surface area contributed by atoms with Crippen molar-refractivity contribution in [3.05, 3.63) is 41.7 Å². The Morgan fingerprint density at radius 3 is 2.50 bits per heavy atom. The van der Waals surface area contributed by atoms with Crippen molar-refractivity contribution < 1.29 is 4.74 Å². The van der Waals surface area contributed by atoms with E-state index in [1.54, 1.807) is 0 Å². The number of nitrogens with zero attached hydrogens (tertiary/aromatic N) is 2. The van der Waals surface area contributed by atoms with Gasteiger partial charge in [0.2, 0.25) is 0 Å². The topological polar surface area (TPSA) is 47.0 Å². The molecule has 4 nitrogen and oxygen atoms in total. The summed E-state index contributed by atoms with van der Waals surface area (Å²) in [5.74, 6) is 1.55. The Kier molecular flexibility index (Phi) is 5.07. The average Bonchev–Trinajstić information content (AvgIpc) is 2.46. The van der Waals surface area contributed by atoms with Crippen molar-refractivity contribution in [2.24, 2.45) is 0 Å². The molecule has 20 heavy (non-hydrogen) atoms. The van der Waals surface area contributed by atoms with Crippen molar-refractivity contribution in [1.82, 2.24) is 9.97 Å². The Bertz CT molecular complexity index is 552. The fourth-order valence-corrected chi connectivity index (χ4v) is 1.90. The fraction of sp³-hybridized carbons (Fsp3) is 0.375. The maximum absolute atomic E-state index is 5.41. The summed E-state index contributed by atoms with van der Waals surface area (Å²) in [5.41, 5.74) is 3.25. The number of anilines is 1. The zero-order valence-corrected chi connectivity index (χ0v) is 12.3. The van der Waals surface area contributed by atoms with E-state index in [0.717, 1.165) is 23.6 Å². The summed E-state index contributed by atoms with van der Waals surface area (Å²) in [6, 6.07) is 10.3. The van der Waals surface area contributed by atoms with Crippen molar-refractivity contribution in [3.63, 3.8) is 0 Å². The molecule has 0 aliphatic rings. The monoisotopic (exact) mass is 271 g/mol. The highest BCUT2D eigenvalue weighted by Crippen LogP contribution is 2.20. The van der Waals surface area contributed by atoms with Crippen LogP contribution in [0.5, 0.6) is 0 Å². The Morgan fingerprint density at radius 1 is 1.10 bits per heavy atom. The van der Waals surface area contributed by atoms with Crippen LogP contribution in [0, 0.1) is 6.92 Å². The molecule has 1 aromatic heterocycles. The lowest BCUT2D eigenvalue weighted by Gasteiger charge is -2.09. The minimum atomic E-state index is 0.439. The lowest BCUT2D eigenvalue weighted by molar-refractivity contribution is 0.128. The van der Waals surface area contributed by atoms with Crippen molar-refractivity contribution in [3.8, 4) is 11.3 Å². The van der Waals surface area contributed by atoms with Gasteiger partial charge in [0.05, 0.1) is 5.69 Å². The van der Waals surface area contributed by atoms with E-state index in [-0.39, 0.29) is 0 Å². The van der Waals surface area contributed by atoms with Gasteiger partial charge < -0.3 is 10.1 Å². The van der Waals surface area contributed by atoms with Gasteiger partial charge in [-0.3, -0.25) is 0 Å². The predicted molar refractivity (Wildman–Crippen MR) is 81.7 cm³/mol. The first kappa shape index (κ1) is 14.5. The van der Waals surface area contributed by atoms with Crippen LogP contribution in [-0.2, 0) is 11.3 Å². The number of aromatic nitrogens is 2. The highest BCUT2D eigenvalue weighted by molar-refractivity contribution is 5.62. The summed E-state index contributed by atoms with van der Waals surface area (Å²) in [6.07, 6.45) is 0. The third-order valence-electron chi connectivity index (χ3n) is 2.91. The summed E-state index contributed by atoms with van der Waals surface area (Å²) in [4.78, 5) is 9.03. The number of aryl methyl sites for hydroxylation is 1. The molecule has 0 radical (unpaired) electrons. The molecule has 0 bridgehead atoms. The van der Waals surface area contributed by atoms with Gasteiger partial charge >= 0.3 is 0 Å². The number of hydrogen-bond acceptors (Lipinski definition) is 4. The second-order valence-corrected chi connectivity index (χ2v) is 4.59. The molecule has 1 aromatic carbocycles. The second kappa shape index (κ2) is 7.01. The molecule has 0 spiro atoms. The standard InChI is InChI=1S/C16H21N3O/c1-4-17-15-10-14(13-8-6-12(3)7-9-13)18-16(19-15)11-20-5-2/h6-10H,4-5,11H2,1-3H3,(H,17,18,19). The van der Waals surface area contributed by atoms with E-state index in [1.807, 2.05) is 13.0 Å². The van der Waals surface area contributed by atoms with Crippen LogP contribution in [0.1, 0.15) is 25.2 Å². The smallest absolute Gasteiger partial charge is 0.157 e. The van der Waals surface area contributed by atoms with E-state index in [9.17, 15) is 0 Å². The highest BCUT2D eigenvalue weighted by Gasteiger charge is 2.06. The quantitative estimate of drug-likeness (QED) is 0.874. The van der Waals surface area contributed by atoms with E-state index in [1.165, 1.54) is 5.56 Å². The fourth-order valence-electron chi connectivity index (χ4n) is 1.90. The Balaban J connectivity index is 2.34. The molecule has 4 heteroatoms. The minimum absolute atomic E-state index is 0.439. The molecule has 0 aliphatic heterocycles. The van der Waals surface area contributed by atoms with Crippen LogP contribution >= 0.6 is 0 Å². The number of ether oxygens (including phenoxy) is 1. The average molecular weight is 271 g/mol. The van der Waals surface area contributed by atoms with Gasteiger partial charge in [-0.2, -0.15) is 0 Å². The SMILES string of the molecule is CCNc1cc(-c2ccc(C)cc2)nc(COCC)n1. The molecule has 0 atom stereocenters. The second-order valence-electron chi connectivity index (χ2n) is 4.59.